The van der Waals surface area contributed by atoms with Gasteiger partial charge < -0.3 is 15.8 Å². The summed E-state index contributed by atoms with van der Waals surface area (Å²) in [7, 11) is 0. The minimum Gasteiger partial charge on any atom is -0.391 e. The normalized spacial score (nSPS) is 12.3. The molecule has 0 aromatic carbocycles. The summed E-state index contributed by atoms with van der Waals surface area (Å²) >= 11 is 11.8. The summed E-state index contributed by atoms with van der Waals surface area (Å²) in [6.45, 7) is 2.25. The number of nitrogen functional groups attached to an aromatic ring is 1. The Morgan fingerprint density at radius 1 is 1.44 bits per heavy atom. The summed E-state index contributed by atoms with van der Waals surface area (Å²) < 4.78 is 0. The Morgan fingerprint density at radius 2 is 2.06 bits per heavy atom. The van der Waals surface area contributed by atoms with Crippen LogP contribution in [-0.4, -0.2) is 22.7 Å². The first-order valence-corrected chi connectivity index (χ1v) is 5.58. The monoisotopic (exact) mass is 264 g/mol. The van der Waals surface area contributed by atoms with E-state index in [0.717, 1.165) is 0 Å². The Hall–Kier alpha value is -0.750. The van der Waals surface area contributed by atoms with Gasteiger partial charge in [0.15, 0.2) is 5.82 Å². The van der Waals surface area contributed by atoms with E-state index in [9.17, 15) is 5.11 Å². The van der Waals surface area contributed by atoms with E-state index in [2.05, 4.69) is 15.7 Å². The molecule has 1 atom stereocenters. The second-order valence-corrected chi connectivity index (χ2v) is 4.05. The van der Waals surface area contributed by atoms with Gasteiger partial charge in [0.05, 0.1) is 16.1 Å². The van der Waals surface area contributed by atoms with Crippen molar-refractivity contribution in [2.45, 2.75) is 19.4 Å². The summed E-state index contributed by atoms with van der Waals surface area (Å²) in [5.41, 5.74) is 2.36. The number of hydrogen-bond donors (Lipinski definition) is 4. The highest BCUT2D eigenvalue weighted by molar-refractivity contribution is 6.37. The highest BCUT2D eigenvalue weighted by Crippen LogP contribution is 2.28. The van der Waals surface area contributed by atoms with Gasteiger partial charge in [0.2, 0.25) is 0 Å². The Labute approximate surface area is 104 Å². The number of hydrogen-bond acceptors (Lipinski definition) is 5. The predicted molar refractivity (Wildman–Crippen MR) is 66.9 cm³/mol. The molecule has 0 amide bonds. The van der Waals surface area contributed by atoms with Gasteiger partial charge in [-0.3, -0.25) is 0 Å². The molecule has 0 saturated carbocycles. The fourth-order valence-corrected chi connectivity index (χ4v) is 1.53. The third kappa shape index (κ3) is 3.38. The zero-order valence-corrected chi connectivity index (χ0v) is 10.3. The Bertz CT molecular complexity index is 362. The molecule has 90 valence electrons. The van der Waals surface area contributed by atoms with E-state index in [1.54, 1.807) is 0 Å². The number of halogens is 2. The number of nitrogens with one attached hydrogen (secondary N) is 2. The number of rotatable bonds is 5. The topological polar surface area (TPSA) is 83.2 Å². The highest BCUT2D eigenvalue weighted by Gasteiger charge is 2.09. The Balaban J connectivity index is 2.79. The Morgan fingerprint density at radius 3 is 2.62 bits per heavy atom. The predicted octanol–water partition coefficient (Wildman–Crippen LogP) is 1.86. The van der Waals surface area contributed by atoms with Gasteiger partial charge in [-0.15, -0.1) is 0 Å². The number of hydrazine groups is 1. The SMILES string of the molecule is CCC(O)CNc1nc(NN)c(Cl)cc1Cl. The summed E-state index contributed by atoms with van der Waals surface area (Å²) in [5, 5.41) is 13.0. The molecule has 16 heavy (non-hydrogen) atoms. The van der Waals surface area contributed by atoms with Crippen LogP contribution in [0.2, 0.25) is 10.0 Å². The molecule has 5 N–H and O–H groups in total. The molecule has 1 unspecified atom stereocenters. The molecule has 5 nitrogen and oxygen atoms in total. The van der Waals surface area contributed by atoms with Crippen LogP contribution >= 0.6 is 23.2 Å². The second kappa shape index (κ2) is 6.10. The van der Waals surface area contributed by atoms with Crippen molar-refractivity contribution >= 4 is 34.8 Å². The fraction of sp³-hybridized carbons (Fsp3) is 0.444. The first-order chi connectivity index (χ1) is 7.58. The molecule has 0 fully saturated rings. The molecule has 0 saturated heterocycles. The van der Waals surface area contributed by atoms with Crippen LogP contribution in [0, 0.1) is 0 Å². The summed E-state index contributed by atoms with van der Waals surface area (Å²) in [6, 6.07) is 1.53. The number of aliphatic hydroxyl groups excluding tert-OH is 1. The molecule has 1 aromatic heterocycles. The molecule has 0 bridgehead atoms. The summed E-state index contributed by atoms with van der Waals surface area (Å²) in [4.78, 5) is 4.07. The minimum atomic E-state index is -0.442. The maximum atomic E-state index is 9.39. The van der Waals surface area contributed by atoms with Crippen molar-refractivity contribution < 1.29 is 5.11 Å². The van der Waals surface area contributed by atoms with Crippen LogP contribution in [0.3, 0.4) is 0 Å². The van der Waals surface area contributed by atoms with E-state index in [1.165, 1.54) is 6.07 Å². The van der Waals surface area contributed by atoms with Crippen molar-refractivity contribution in [1.82, 2.24) is 4.98 Å². The van der Waals surface area contributed by atoms with Gasteiger partial charge in [-0.2, -0.15) is 0 Å². The number of anilines is 2. The van der Waals surface area contributed by atoms with Crippen molar-refractivity contribution in [3.63, 3.8) is 0 Å². The van der Waals surface area contributed by atoms with Crippen molar-refractivity contribution in [3.05, 3.63) is 16.1 Å². The highest BCUT2D eigenvalue weighted by atomic mass is 35.5. The second-order valence-electron chi connectivity index (χ2n) is 3.24. The lowest BCUT2D eigenvalue weighted by Crippen LogP contribution is -2.19. The molecule has 0 aliphatic heterocycles. The largest absolute Gasteiger partial charge is 0.391 e. The zero-order valence-electron chi connectivity index (χ0n) is 8.80. The van der Waals surface area contributed by atoms with Crippen molar-refractivity contribution in [1.29, 1.82) is 0 Å². The van der Waals surface area contributed by atoms with E-state index in [0.29, 0.717) is 34.6 Å². The number of aliphatic hydroxyl groups is 1. The molecule has 0 radical (unpaired) electrons. The van der Waals surface area contributed by atoms with Crippen molar-refractivity contribution in [3.8, 4) is 0 Å². The zero-order chi connectivity index (χ0) is 12.1. The molecule has 0 aliphatic rings. The van der Waals surface area contributed by atoms with Crippen molar-refractivity contribution in [2.24, 2.45) is 5.84 Å². The molecule has 0 spiro atoms. The first kappa shape index (κ1) is 13.3. The van der Waals surface area contributed by atoms with Gasteiger partial charge >= 0.3 is 0 Å². The van der Waals surface area contributed by atoms with Crippen LogP contribution < -0.4 is 16.6 Å². The van der Waals surface area contributed by atoms with Crippen molar-refractivity contribution in [2.75, 3.05) is 17.3 Å². The van der Waals surface area contributed by atoms with Gasteiger partial charge in [-0.1, -0.05) is 30.1 Å². The van der Waals surface area contributed by atoms with Crippen LogP contribution in [-0.2, 0) is 0 Å². The Kier molecular flexibility index (Phi) is 5.08. The minimum absolute atomic E-state index is 0.333. The lowest BCUT2D eigenvalue weighted by atomic mass is 10.3. The molecule has 1 heterocycles. The molecular formula is C9H14Cl2N4O. The lowest BCUT2D eigenvalue weighted by molar-refractivity contribution is 0.183. The van der Waals surface area contributed by atoms with E-state index < -0.39 is 6.10 Å². The standard InChI is InChI=1S/C9H14Cl2N4O/c1-2-5(16)4-13-8-6(10)3-7(11)9(14-8)15-12/h3,5,16H,2,4,12H2,1H3,(H2,13,14,15). The van der Waals surface area contributed by atoms with E-state index in [1.807, 2.05) is 6.92 Å². The maximum Gasteiger partial charge on any atom is 0.161 e. The van der Waals surface area contributed by atoms with Crippen LogP contribution in [0.4, 0.5) is 11.6 Å². The van der Waals surface area contributed by atoms with Gasteiger partial charge in [-0.25, -0.2) is 10.8 Å². The molecule has 0 aliphatic carbocycles. The van der Waals surface area contributed by atoms with Crippen LogP contribution in [0.15, 0.2) is 6.07 Å². The van der Waals surface area contributed by atoms with E-state index in [-0.39, 0.29) is 0 Å². The van der Waals surface area contributed by atoms with Gasteiger partial charge in [-0.05, 0) is 12.5 Å². The number of nitrogens with two attached hydrogens (primary N) is 1. The lowest BCUT2D eigenvalue weighted by Gasteiger charge is -2.12. The average Bonchev–Trinajstić information content (AvgIpc) is 2.27. The number of nitrogens with zero attached hydrogens (tertiary/aromatic N) is 1. The van der Waals surface area contributed by atoms with Gasteiger partial charge in [0.1, 0.15) is 5.82 Å². The van der Waals surface area contributed by atoms with E-state index in [4.69, 9.17) is 29.0 Å². The van der Waals surface area contributed by atoms with Crippen LogP contribution in [0.5, 0.6) is 0 Å². The summed E-state index contributed by atoms with van der Waals surface area (Å²) in [5.74, 6) is 6.00. The van der Waals surface area contributed by atoms with E-state index >= 15 is 0 Å². The molecular weight excluding hydrogens is 251 g/mol. The average molecular weight is 265 g/mol. The van der Waals surface area contributed by atoms with Crippen LogP contribution in [0.1, 0.15) is 13.3 Å². The molecule has 1 aromatic rings. The van der Waals surface area contributed by atoms with Gasteiger partial charge in [0.25, 0.3) is 0 Å². The molecule has 7 heteroatoms. The maximum absolute atomic E-state index is 9.39. The molecule has 1 rings (SSSR count). The third-order valence-electron chi connectivity index (χ3n) is 2.04. The smallest absolute Gasteiger partial charge is 0.161 e. The quantitative estimate of drug-likeness (QED) is 0.482. The van der Waals surface area contributed by atoms with Crippen LogP contribution in [0.25, 0.3) is 0 Å². The number of aromatic nitrogens is 1. The first-order valence-electron chi connectivity index (χ1n) is 4.83. The number of pyridine rings is 1. The summed E-state index contributed by atoms with van der Waals surface area (Å²) in [6.07, 6.45) is 0.211. The van der Waals surface area contributed by atoms with Gasteiger partial charge in [0, 0.05) is 6.54 Å². The third-order valence-corrected chi connectivity index (χ3v) is 2.62. The fourth-order valence-electron chi connectivity index (χ4n) is 1.05.